The van der Waals surface area contributed by atoms with Crippen molar-refractivity contribution in [1.29, 1.82) is 0 Å². The summed E-state index contributed by atoms with van der Waals surface area (Å²) in [6.45, 7) is 9.44. The van der Waals surface area contributed by atoms with Crippen LogP contribution in [0, 0.1) is 0 Å². The third kappa shape index (κ3) is 5.99. The van der Waals surface area contributed by atoms with Crippen molar-refractivity contribution in [2.24, 2.45) is 0 Å². The standard InChI is InChI=1S/C68H50O2/c1-39(2)57-37-59(63(47-25-13-19-41-17-5-7-21-43(41)47)55-29-15-27-53-45-23-9-11-31-61(45)69-67(53)55)51-36-34-50-58(40(3)4)38-60(52-35-33-49(57)65(51)66(50)52)64(48-26-14-20-42-18-6-8-22-44(42)48)56-30-16-28-54-46-24-10-12-32-62(46)70-68(54)56/h5-40,63-64H,1-4H3. The highest BCUT2D eigenvalue weighted by Crippen LogP contribution is 2.52. The van der Waals surface area contributed by atoms with E-state index in [0.29, 0.717) is 0 Å². The summed E-state index contributed by atoms with van der Waals surface area (Å²) in [6, 6.07) is 76.8. The summed E-state index contributed by atoms with van der Waals surface area (Å²) in [5.74, 6) is 0.236. The zero-order chi connectivity index (χ0) is 46.8. The lowest BCUT2D eigenvalue weighted by atomic mass is 9.74. The van der Waals surface area contributed by atoms with Gasteiger partial charge in [0, 0.05) is 44.5 Å². The predicted molar refractivity (Wildman–Crippen MR) is 296 cm³/mol. The van der Waals surface area contributed by atoms with Crippen LogP contribution >= 0.6 is 0 Å². The van der Waals surface area contributed by atoms with E-state index >= 15 is 0 Å². The van der Waals surface area contributed by atoms with Crippen molar-refractivity contribution in [2.45, 2.75) is 51.4 Å². The Morgan fingerprint density at radius 1 is 0.257 bits per heavy atom. The van der Waals surface area contributed by atoms with Crippen LogP contribution in [-0.4, -0.2) is 0 Å². The Hall–Kier alpha value is -8.20. The van der Waals surface area contributed by atoms with E-state index in [0.717, 1.165) is 43.9 Å². The first kappa shape index (κ1) is 40.8. The zero-order valence-corrected chi connectivity index (χ0v) is 39.8. The minimum atomic E-state index is -0.143. The molecule has 0 saturated carbocycles. The van der Waals surface area contributed by atoms with Gasteiger partial charge < -0.3 is 8.83 Å². The lowest BCUT2D eigenvalue weighted by molar-refractivity contribution is 0.661. The molecule has 2 heteroatoms. The van der Waals surface area contributed by atoms with Crippen molar-refractivity contribution in [3.63, 3.8) is 0 Å². The molecule has 2 heterocycles. The minimum absolute atomic E-state index is 0.143. The van der Waals surface area contributed by atoms with E-state index in [2.05, 4.69) is 234 Å². The van der Waals surface area contributed by atoms with Crippen LogP contribution in [0.3, 0.4) is 0 Å². The fourth-order valence-corrected chi connectivity index (χ4v) is 12.5. The van der Waals surface area contributed by atoms with Gasteiger partial charge in [0.15, 0.2) is 0 Å². The predicted octanol–water partition coefficient (Wildman–Crippen LogP) is 19.3. The summed E-state index contributed by atoms with van der Waals surface area (Å²) in [6.07, 6.45) is 0. The molecule has 12 aromatic carbocycles. The highest BCUT2D eigenvalue weighted by molar-refractivity contribution is 6.26. The lowest BCUT2D eigenvalue weighted by Crippen LogP contribution is -2.09. The Kier molecular flexibility index (Phi) is 9.14. The van der Waals surface area contributed by atoms with Crippen LogP contribution in [0.4, 0.5) is 0 Å². The first-order valence-corrected chi connectivity index (χ1v) is 24.9. The molecular weight excluding hydrogens is 849 g/mol. The molecule has 0 aliphatic heterocycles. The number of furan rings is 2. The maximum absolute atomic E-state index is 6.96. The minimum Gasteiger partial charge on any atom is -0.456 e. The number of hydrogen-bond acceptors (Lipinski definition) is 2. The SMILES string of the molecule is CC(C)c1cc(C(c2cccc3ccccc23)c2cccc3c2oc2ccccc23)c2ccc3c(C(C)C)cc(C(c4cccc5ccccc45)c4cccc5c4oc4ccccc45)c4ccc1c2c34. The van der Waals surface area contributed by atoms with E-state index in [4.69, 9.17) is 8.83 Å². The lowest BCUT2D eigenvalue weighted by Gasteiger charge is -2.29. The molecule has 14 aromatic rings. The van der Waals surface area contributed by atoms with Crippen molar-refractivity contribution >= 4 is 97.7 Å². The normalized spacial score (nSPS) is 13.3. The van der Waals surface area contributed by atoms with Crippen molar-refractivity contribution in [3.05, 3.63) is 251 Å². The van der Waals surface area contributed by atoms with Crippen LogP contribution < -0.4 is 0 Å². The molecule has 0 aliphatic carbocycles. The Morgan fingerprint density at radius 3 is 1.01 bits per heavy atom. The van der Waals surface area contributed by atoms with Gasteiger partial charge in [0.1, 0.15) is 22.3 Å². The molecule has 2 aromatic heterocycles. The van der Waals surface area contributed by atoms with E-state index in [1.54, 1.807) is 0 Å². The van der Waals surface area contributed by atoms with Crippen LogP contribution in [0.25, 0.3) is 97.7 Å². The van der Waals surface area contributed by atoms with Gasteiger partial charge in [0.25, 0.3) is 0 Å². The van der Waals surface area contributed by atoms with Gasteiger partial charge in [-0.05, 0) is 111 Å². The smallest absolute Gasteiger partial charge is 0.139 e. The maximum atomic E-state index is 6.96. The second-order valence-electron chi connectivity index (χ2n) is 20.1. The van der Waals surface area contributed by atoms with Crippen molar-refractivity contribution in [3.8, 4) is 0 Å². The van der Waals surface area contributed by atoms with Crippen LogP contribution in [0.15, 0.2) is 215 Å². The molecule has 0 fully saturated rings. The number of hydrogen-bond donors (Lipinski definition) is 0. The topological polar surface area (TPSA) is 26.3 Å². The van der Waals surface area contributed by atoms with Gasteiger partial charge in [-0.2, -0.15) is 0 Å². The Balaban J connectivity index is 1.13. The first-order chi connectivity index (χ1) is 34.4. The molecular formula is C68H50O2. The van der Waals surface area contributed by atoms with Gasteiger partial charge in [-0.3, -0.25) is 0 Å². The highest BCUT2D eigenvalue weighted by atomic mass is 16.3. The van der Waals surface area contributed by atoms with Gasteiger partial charge in [0.2, 0.25) is 0 Å². The second kappa shape index (κ2) is 15.7. The number of para-hydroxylation sites is 4. The van der Waals surface area contributed by atoms with E-state index in [-0.39, 0.29) is 23.7 Å². The number of fused-ring (bicyclic) bond motifs is 8. The average Bonchev–Trinajstić information content (AvgIpc) is 3.98. The molecule has 0 bridgehead atoms. The molecule has 0 saturated heterocycles. The Morgan fingerprint density at radius 2 is 0.586 bits per heavy atom. The Bertz CT molecular complexity index is 4090. The molecule has 2 atom stereocenters. The summed E-state index contributed by atoms with van der Waals surface area (Å²) in [5.41, 5.74) is 13.9. The average molecular weight is 899 g/mol. The molecule has 0 aliphatic rings. The van der Waals surface area contributed by atoms with Crippen molar-refractivity contribution < 1.29 is 8.83 Å². The van der Waals surface area contributed by atoms with E-state index in [9.17, 15) is 0 Å². The van der Waals surface area contributed by atoms with Gasteiger partial charge in [0.05, 0.1) is 0 Å². The summed E-state index contributed by atoms with van der Waals surface area (Å²) >= 11 is 0. The molecule has 2 nitrogen and oxygen atoms in total. The van der Waals surface area contributed by atoms with Gasteiger partial charge >= 0.3 is 0 Å². The molecule has 70 heavy (non-hydrogen) atoms. The second-order valence-corrected chi connectivity index (χ2v) is 20.1. The fourth-order valence-electron chi connectivity index (χ4n) is 12.5. The number of rotatable bonds is 8. The van der Waals surface area contributed by atoms with E-state index in [1.165, 1.54) is 98.4 Å². The van der Waals surface area contributed by atoms with Gasteiger partial charge in [-0.25, -0.2) is 0 Å². The quantitative estimate of drug-likeness (QED) is 0.112. The van der Waals surface area contributed by atoms with Crippen LogP contribution in [-0.2, 0) is 0 Å². The van der Waals surface area contributed by atoms with Crippen LogP contribution in [0.5, 0.6) is 0 Å². The summed E-state index contributed by atoms with van der Waals surface area (Å²) in [7, 11) is 0. The van der Waals surface area contributed by atoms with E-state index < -0.39 is 0 Å². The summed E-state index contributed by atoms with van der Waals surface area (Å²) < 4.78 is 13.9. The van der Waals surface area contributed by atoms with Gasteiger partial charge in [-0.15, -0.1) is 0 Å². The highest BCUT2D eigenvalue weighted by Gasteiger charge is 2.31. The monoisotopic (exact) mass is 898 g/mol. The van der Waals surface area contributed by atoms with Crippen LogP contribution in [0.2, 0.25) is 0 Å². The zero-order valence-electron chi connectivity index (χ0n) is 39.8. The van der Waals surface area contributed by atoms with E-state index in [1.807, 2.05) is 0 Å². The van der Waals surface area contributed by atoms with Crippen molar-refractivity contribution in [2.75, 3.05) is 0 Å². The summed E-state index contributed by atoms with van der Waals surface area (Å²) in [5, 5.41) is 17.4. The molecule has 334 valence electrons. The molecule has 0 amide bonds. The third-order valence-electron chi connectivity index (χ3n) is 15.7. The summed E-state index contributed by atoms with van der Waals surface area (Å²) in [4.78, 5) is 0. The molecule has 0 N–H and O–H groups in total. The first-order valence-electron chi connectivity index (χ1n) is 24.9. The van der Waals surface area contributed by atoms with Crippen LogP contribution in [0.1, 0.15) is 95.9 Å². The van der Waals surface area contributed by atoms with Crippen molar-refractivity contribution in [1.82, 2.24) is 0 Å². The molecule has 2 unspecified atom stereocenters. The third-order valence-corrected chi connectivity index (χ3v) is 15.7. The maximum Gasteiger partial charge on any atom is 0.139 e. The largest absolute Gasteiger partial charge is 0.456 e. The molecule has 0 radical (unpaired) electrons. The molecule has 0 spiro atoms. The van der Waals surface area contributed by atoms with Gasteiger partial charge in [-0.1, -0.05) is 222 Å². The fraction of sp³-hybridized carbons (Fsp3) is 0.118. The number of benzene rings is 12. The molecule has 14 rings (SSSR count). The Labute approximate surface area is 406 Å².